The van der Waals surface area contributed by atoms with Crippen LogP contribution < -0.4 is 9.62 Å². The van der Waals surface area contributed by atoms with Crippen LogP contribution in [0.25, 0.3) is 0 Å². The Balaban J connectivity index is 1.73. The van der Waals surface area contributed by atoms with Crippen LogP contribution in [-0.2, 0) is 16.6 Å². The van der Waals surface area contributed by atoms with Crippen LogP contribution in [0.3, 0.4) is 0 Å². The van der Waals surface area contributed by atoms with E-state index in [4.69, 9.17) is 0 Å². The van der Waals surface area contributed by atoms with Crippen molar-refractivity contribution in [1.82, 2.24) is 0 Å². The molecular formula is C15H10F4N2O3S. The molecule has 0 spiro atoms. The summed E-state index contributed by atoms with van der Waals surface area (Å²) in [6.45, 7) is 0.0849. The van der Waals surface area contributed by atoms with Crippen LogP contribution in [0.15, 0.2) is 42.5 Å². The summed E-state index contributed by atoms with van der Waals surface area (Å²) in [7, 11) is -5.49. The van der Waals surface area contributed by atoms with E-state index in [1.54, 1.807) is 0 Å². The lowest BCUT2D eigenvalue weighted by molar-refractivity contribution is -0.0429. The van der Waals surface area contributed by atoms with Crippen molar-refractivity contribution in [2.75, 3.05) is 9.62 Å². The summed E-state index contributed by atoms with van der Waals surface area (Å²) in [6, 6.07) is 8.80. The van der Waals surface area contributed by atoms with E-state index in [1.165, 1.54) is 40.0 Å². The SMILES string of the molecule is O=C1c2ccc(F)cc2N1Cc1ccc(NS(=O)(=O)C(F)(F)F)cc1. The van der Waals surface area contributed by atoms with Crippen LogP contribution in [-0.4, -0.2) is 19.8 Å². The lowest BCUT2D eigenvalue weighted by atomic mass is 10.0. The predicted octanol–water partition coefficient (Wildman–Crippen LogP) is 3.25. The number of benzene rings is 2. The molecule has 0 unspecified atom stereocenters. The number of hydrogen-bond donors (Lipinski definition) is 1. The van der Waals surface area contributed by atoms with Gasteiger partial charge in [-0.15, -0.1) is 0 Å². The van der Waals surface area contributed by atoms with Gasteiger partial charge in [-0.05, 0) is 35.9 Å². The van der Waals surface area contributed by atoms with E-state index in [-0.39, 0.29) is 18.1 Å². The second-order valence-corrected chi connectivity index (χ2v) is 6.97. The lowest BCUT2D eigenvalue weighted by Gasteiger charge is -2.33. The van der Waals surface area contributed by atoms with Crippen LogP contribution >= 0.6 is 0 Å². The largest absolute Gasteiger partial charge is 0.516 e. The zero-order chi connectivity index (χ0) is 18.4. The minimum Gasteiger partial charge on any atom is -0.303 e. The van der Waals surface area contributed by atoms with Gasteiger partial charge in [-0.1, -0.05) is 12.1 Å². The van der Waals surface area contributed by atoms with Gasteiger partial charge in [0.15, 0.2) is 0 Å². The molecule has 5 nitrogen and oxygen atoms in total. The smallest absolute Gasteiger partial charge is 0.303 e. The van der Waals surface area contributed by atoms with E-state index in [0.29, 0.717) is 16.8 Å². The van der Waals surface area contributed by atoms with E-state index in [9.17, 15) is 30.8 Å². The van der Waals surface area contributed by atoms with Crippen molar-refractivity contribution in [3.8, 4) is 0 Å². The third-order valence-corrected chi connectivity index (χ3v) is 4.69. The standard InChI is InChI=1S/C15H10F4N2O3S/c16-10-3-6-12-13(7-10)21(14(12)22)8-9-1-4-11(5-2-9)20-25(23,24)15(17,18)19/h1-7,20H,8H2. The number of alkyl halides is 3. The minimum atomic E-state index is -5.49. The van der Waals surface area contributed by atoms with Gasteiger partial charge in [0.1, 0.15) is 5.82 Å². The molecule has 1 amide bonds. The molecule has 132 valence electrons. The Morgan fingerprint density at radius 1 is 1.04 bits per heavy atom. The highest BCUT2D eigenvalue weighted by atomic mass is 32.2. The first kappa shape index (κ1) is 17.2. The maximum Gasteiger partial charge on any atom is 0.516 e. The van der Waals surface area contributed by atoms with Crippen molar-refractivity contribution < 1.29 is 30.8 Å². The van der Waals surface area contributed by atoms with Gasteiger partial charge in [0.2, 0.25) is 0 Å². The van der Waals surface area contributed by atoms with Crippen LogP contribution in [0.4, 0.5) is 28.9 Å². The molecule has 0 fully saturated rings. The van der Waals surface area contributed by atoms with Crippen molar-refractivity contribution in [1.29, 1.82) is 0 Å². The van der Waals surface area contributed by atoms with Crippen LogP contribution in [0.1, 0.15) is 15.9 Å². The molecule has 10 heteroatoms. The number of anilines is 2. The Labute approximate surface area is 139 Å². The van der Waals surface area contributed by atoms with Crippen molar-refractivity contribution >= 4 is 27.3 Å². The highest BCUT2D eigenvalue weighted by Gasteiger charge is 2.46. The molecule has 1 N–H and O–H groups in total. The monoisotopic (exact) mass is 374 g/mol. The molecule has 3 rings (SSSR count). The number of carbonyl (C=O) groups is 1. The van der Waals surface area contributed by atoms with Gasteiger partial charge in [-0.3, -0.25) is 9.52 Å². The number of rotatable bonds is 4. The molecule has 0 radical (unpaired) electrons. The number of hydrogen-bond acceptors (Lipinski definition) is 3. The molecule has 1 heterocycles. The number of carbonyl (C=O) groups excluding carboxylic acids is 1. The zero-order valence-electron chi connectivity index (χ0n) is 12.3. The van der Waals surface area contributed by atoms with E-state index in [0.717, 1.165) is 12.1 Å². The van der Waals surface area contributed by atoms with Crippen LogP contribution in [0.5, 0.6) is 0 Å². The maximum absolute atomic E-state index is 13.2. The van der Waals surface area contributed by atoms with Crippen molar-refractivity contribution in [3.63, 3.8) is 0 Å². The maximum atomic E-state index is 13.2. The van der Waals surface area contributed by atoms with Crippen molar-refractivity contribution in [3.05, 3.63) is 59.4 Å². The molecule has 0 aromatic heterocycles. The van der Waals surface area contributed by atoms with E-state index < -0.39 is 21.3 Å². The average Bonchev–Trinajstić information content (AvgIpc) is 2.52. The fourth-order valence-corrected chi connectivity index (χ4v) is 2.90. The molecule has 0 atom stereocenters. The number of nitrogens with one attached hydrogen (secondary N) is 1. The van der Waals surface area contributed by atoms with Gasteiger partial charge in [-0.25, -0.2) is 4.39 Å². The molecule has 0 saturated carbocycles. The Bertz CT molecular complexity index is 940. The third-order valence-electron chi connectivity index (χ3n) is 3.58. The fourth-order valence-electron chi connectivity index (χ4n) is 2.34. The van der Waals surface area contributed by atoms with Crippen LogP contribution in [0, 0.1) is 5.82 Å². The number of fused-ring (bicyclic) bond motifs is 1. The number of halogens is 4. The quantitative estimate of drug-likeness (QED) is 0.836. The second kappa shape index (κ2) is 5.73. The number of amides is 1. The highest BCUT2D eigenvalue weighted by molar-refractivity contribution is 7.93. The van der Waals surface area contributed by atoms with Gasteiger partial charge >= 0.3 is 15.5 Å². The minimum absolute atomic E-state index is 0.0849. The summed E-state index contributed by atoms with van der Waals surface area (Å²) in [5.41, 5.74) is -4.33. The van der Waals surface area contributed by atoms with Gasteiger partial charge in [0, 0.05) is 5.69 Å². The second-order valence-electron chi connectivity index (χ2n) is 5.30. The molecule has 0 bridgehead atoms. The van der Waals surface area contributed by atoms with E-state index >= 15 is 0 Å². The highest BCUT2D eigenvalue weighted by Crippen LogP contribution is 2.34. The molecule has 1 aliphatic heterocycles. The predicted molar refractivity (Wildman–Crippen MR) is 82.0 cm³/mol. The van der Waals surface area contributed by atoms with E-state index in [2.05, 4.69) is 0 Å². The van der Waals surface area contributed by atoms with Gasteiger partial charge in [-0.2, -0.15) is 21.6 Å². The van der Waals surface area contributed by atoms with Crippen LogP contribution in [0.2, 0.25) is 0 Å². The summed E-state index contributed by atoms with van der Waals surface area (Å²) < 4.78 is 73.6. The molecule has 2 aromatic rings. The third kappa shape index (κ3) is 3.16. The zero-order valence-corrected chi connectivity index (χ0v) is 13.2. The Kier molecular flexibility index (Phi) is 3.94. The summed E-state index contributed by atoms with van der Waals surface area (Å²) in [5.74, 6) is -0.787. The molecule has 1 aliphatic rings. The van der Waals surface area contributed by atoms with Gasteiger partial charge < -0.3 is 4.90 Å². The van der Waals surface area contributed by atoms with Gasteiger partial charge in [0.25, 0.3) is 5.91 Å². The molecule has 0 aliphatic carbocycles. The Hall–Kier alpha value is -2.62. The average molecular weight is 374 g/mol. The summed E-state index contributed by atoms with van der Waals surface area (Å²) in [4.78, 5) is 13.2. The molecule has 0 saturated heterocycles. The summed E-state index contributed by atoms with van der Waals surface area (Å²) in [6.07, 6.45) is 0. The number of nitrogens with zero attached hydrogens (tertiary/aromatic N) is 1. The summed E-state index contributed by atoms with van der Waals surface area (Å²) in [5, 5.41) is 0. The van der Waals surface area contributed by atoms with Gasteiger partial charge in [0.05, 0.1) is 17.8 Å². The molecule has 25 heavy (non-hydrogen) atoms. The lowest BCUT2D eigenvalue weighted by Crippen LogP contribution is -2.40. The Morgan fingerprint density at radius 3 is 2.28 bits per heavy atom. The first-order chi connectivity index (χ1) is 11.6. The first-order valence-electron chi connectivity index (χ1n) is 6.88. The van der Waals surface area contributed by atoms with Crippen molar-refractivity contribution in [2.24, 2.45) is 0 Å². The first-order valence-corrected chi connectivity index (χ1v) is 8.36. The summed E-state index contributed by atoms with van der Waals surface area (Å²) >= 11 is 0. The van der Waals surface area contributed by atoms with E-state index in [1.807, 2.05) is 0 Å². The molecule has 2 aromatic carbocycles. The fraction of sp³-hybridized carbons (Fsp3) is 0.133. The Morgan fingerprint density at radius 2 is 1.68 bits per heavy atom. The number of sulfonamides is 1. The normalized spacial score (nSPS) is 14.1. The molecular weight excluding hydrogens is 364 g/mol. The van der Waals surface area contributed by atoms with Crippen molar-refractivity contribution in [2.45, 2.75) is 12.1 Å². The topological polar surface area (TPSA) is 66.5 Å².